The van der Waals surface area contributed by atoms with E-state index in [1.165, 1.54) is 0 Å². The topological polar surface area (TPSA) is 54.4 Å². The molecule has 0 saturated carbocycles. The van der Waals surface area contributed by atoms with Crippen LogP contribution < -0.4 is 9.64 Å². The number of benzene rings is 2. The molecule has 0 atom stereocenters. The van der Waals surface area contributed by atoms with E-state index in [1.807, 2.05) is 55.3 Å². The van der Waals surface area contributed by atoms with Gasteiger partial charge in [-0.05, 0) is 68.7 Å². The Morgan fingerprint density at radius 3 is 2.16 bits per heavy atom. The van der Waals surface area contributed by atoms with Gasteiger partial charge in [0.15, 0.2) is 12.0 Å². The van der Waals surface area contributed by atoms with Crippen LogP contribution in [0, 0.1) is 0 Å². The quantitative estimate of drug-likeness (QED) is 0.168. The van der Waals surface area contributed by atoms with Crippen molar-refractivity contribution in [2.24, 2.45) is 4.99 Å². The lowest BCUT2D eigenvalue weighted by molar-refractivity contribution is -0.106. The zero-order chi connectivity index (χ0) is 23.3. The maximum absolute atomic E-state index is 11.7. The third-order valence-corrected chi connectivity index (χ3v) is 5.26. The zero-order valence-corrected chi connectivity index (χ0v) is 19.9. The van der Waals surface area contributed by atoms with E-state index in [0.29, 0.717) is 19.1 Å². The molecule has 0 fully saturated rings. The summed E-state index contributed by atoms with van der Waals surface area (Å²) < 4.78 is 11.1. The summed E-state index contributed by atoms with van der Waals surface area (Å²) in [6, 6.07) is 16.5. The summed E-state index contributed by atoms with van der Waals surface area (Å²) >= 11 is 0. The van der Waals surface area contributed by atoms with Gasteiger partial charge in [0.2, 0.25) is 0 Å². The maximum atomic E-state index is 11.7. The minimum absolute atomic E-state index is 0.226. The van der Waals surface area contributed by atoms with Gasteiger partial charge in [-0.3, -0.25) is 4.79 Å². The first-order valence-electron chi connectivity index (χ1n) is 11.1. The molecule has 0 aliphatic heterocycles. The predicted octanol–water partition coefficient (Wildman–Crippen LogP) is 4.65. The Balaban J connectivity index is 2.10. The van der Waals surface area contributed by atoms with Crippen LogP contribution in [-0.4, -0.2) is 57.5 Å². The van der Waals surface area contributed by atoms with E-state index in [4.69, 9.17) is 9.47 Å². The van der Waals surface area contributed by atoms with Crippen molar-refractivity contribution in [2.75, 3.05) is 45.2 Å². The molecule has 0 bridgehead atoms. The van der Waals surface area contributed by atoms with Gasteiger partial charge in [-0.2, -0.15) is 0 Å². The summed E-state index contributed by atoms with van der Waals surface area (Å²) in [4.78, 5) is 20.5. The van der Waals surface area contributed by atoms with E-state index >= 15 is 0 Å². The highest BCUT2D eigenvalue weighted by Gasteiger charge is 2.10. The number of aliphatic imine (C=N–C) groups is 1. The Morgan fingerprint density at radius 1 is 0.969 bits per heavy atom. The van der Waals surface area contributed by atoms with Gasteiger partial charge in [-0.1, -0.05) is 24.3 Å². The van der Waals surface area contributed by atoms with Crippen LogP contribution in [0.2, 0.25) is 0 Å². The lowest BCUT2D eigenvalue weighted by Gasteiger charge is -2.21. The Morgan fingerprint density at radius 2 is 1.62 bits per heavy atom. The molecule has 0 radical (unpaired) electrons. The lowest BCUT2D eigenvalue weighted by atomic mass is 10.1. The largest absolute Gasteiger partial charge is 0.497 e. The second-order valence-electron chi connectivity index (χ2n) is 7.31. The molecule has 6 nitrogen and oxygen atoms in total. The number of nitrogens with zero attached hydrogens (tertiary/aromatic N) is 3. The van der Waals surface area contributed by atoms with E-state index < -0.39 is 0 Å². The number of aldehydes is 1. The van der Waals surface area contributed by atoms with Crippen molar-refractivity contribution in [2.45, 2.75) is 27.2 Å². The van der Waals surface area contributed by atoms with E-state index in [0.717, 1.165) is 48.4 Å². The maximum Gasteiger partial charge on any atom is 0.292 e. The average Bonchev–Trinajstić information content (AvgIpc) is 2.84. The normalized spacial score (nSPS) is 11.8. The first-order chi connectivity index (χ1) is 15.5. The number of hydrogen-bond acceptors (Lipinski definition) is 5. The fourth-order valence-electron chi connectivity index (χ4n) is 3.17. The fraction of sp³-hybridized carbons (Fsp3) is 0.385. The smallest absolute Gasteiger partial charge is 0.292 e. The van der Waals surface area contributed by atoms with Crippen molar-refractivity contribution in [3.63, 3.8) is 0 Å². The number of carbonyl (C=O) groups excluding carboxylic acids is 1. The molecule has 2 rings (SSSR count). The van der Waals surface area contributed by atoms with Gasteiger partial charge in [-0.15, -0.1) is 0 Å². The Hall–Kier alpha value is -3.28. The molecule has 0 spiro atoms. The third-order valence-electron chi connectivity index (χ3n) is 5.26. The molecule has 0 aromatic heterocycles. The Bertz CT molecular complexity index is 886. The average molecular weight is 438 g/mol. The van der Waals surface area contributed by atoms with Crippen molar-refractivity contribution in [3.05, 3.63) is 65.4 Å². The number of rotatable bonds is 11. The third kappa shape index (κ3) is 7.45. The van der Waals surface area contributed by atoms with Crippen molar-refractivity contribution >= 4 is 24.1 Å². The van der Waals surface area contributed by atoms with E-state index in [-0.39, 0.29) is 5.76 Å². The highest BCUT2D eigenvalue weighted by molar-refractivity contribution is 5.85. The predicted molar refractivity (Wildman–Crippen MR) is 132 cm³/mol. The monoisotopic (exact) mass is 437 g/mol. The van der Waals surface area contributed by atoms with Crippen LogP contribution in [0.15, 0.2) is 59.3 Å². The van der Waals surface area contributed by atoms with Crippen LogP contribution in [0.25, 0.3) is 6.08 Å². The minimum Gasteiger partial charge on any atom is -0.497 e. The van der Waals surface area contributed by atoms with Gasteiger partial charge < -0.3 is 19.3 Å². The summed E-state index contributed by atoms with van der Waals surface area (Å²) in [5.41, 5.74) is 3.22. The highest BCUT2D eigenvalue weighted by Crippen LogP contribution is 2.17. The molecule has 2 aromatic carbocycles. The van der Waals surface area contributed by atoms with E-state index in [9.17, 15) is 4.79 Å². The Labute approximate surface area is 192 Å². The van der Waals surface area contributed by atoms with Crippen LogP contribution in [0.4, 0.5) is 5.69 Å². The Kier molecular flexibility index (Phi) is 10.3. The van der Waals surface area contributed by atoms with Crippen molar-refractivity contribution in [1.29, 1.82) is 0 Å². The molecule has 0 heterocycles. The molecule has 6 heteroatoms. The summed E-state index contributed by atoms with van der Waals surface area (Å²) in [5, 5.41) is 0. The van der Waals surface area contributed by atoms with Crippen LogP contribution in [0.5, 0.6) is 5.75 Å². The molecule has 0 amide bonds. The number of hydrogen-bond donors (Lipinski definition) is 0. The minimum atomic E-state index is 0.226. The van der Waals surface area contributed by atoms with Gasteiger partial charge in [0, 0.05) is 38.9 Å². The van der Waals surface area contributed by atoms with Gasteiger partial charge in [0.25, 0.3) is 6.02 Å². The number of ether oxygens (including phenoxy) is 2. The molecule has 0 aliphatic rings. The standard InChI is InChI=1S/C26H35N3O3/c1-6-28(4)26(27-18-17-21-11-15-24(31-5)16-12-21)32-25(20-30)19-22-9-13-23(14-10-22)29(7-2)8-3/h9-16,19-20H,6-8,17-18H2,1-5H3/b25-19+,27-26?. The summed E-state index contributed by atoms with van der Waals surface area (Å²) in [5.74, 6) is 1.06. The molecular weight excluding hydrogens is 402 g/mol. The summed E-state index contributed by atoms with van der Waals surface area (Å²) in [6.07, 6.45) is 3.23. The van der Waals surface area contributed by atoms with Crippen LogP contribution in [-0.2, 0) is 16.0 Å². The highest BCUT2D eigenvalue weighted by atomic mass is 16.5. The molecule has 32 heavy (non-hydrogen) atoms. The van der Waals surface area contributed by atoms with Crippen molar-refractivity contribution in [3.8, 4) is 5.75 Å². The number of amidine groups is 1. The fourth-order valence-corrected chi connectivity index (χ4v) is 3.17. The lowest BCUT2D eigenvalue weighted by Crippen LogP contribution is -2.29. The molecule has 172 valence electrons. The van der Waals surface area contributed by atoms with E-state index in [2.05, 4.69) is 35.9 Å². The SMILES string of the molecule is CCN(C)C(=NCCc1ccc(OC)cc1)O/C(C=O)=C/c1ccc(N(CC)CC)cc1. The molecule has 0 aliphatic carbocycles. The first-order valence-corrected chi connectivity index (χ1v) is 11.1. The second-order valence-corrected chi connectivity index (χ2v) is 7.31. The number of anilines is 1. The molecule has 0 unspecified atom stereocenters. The molecule has 2 aromatic rings. The van der Waals surface area contributed by atoms with Gasteiger partial charge >= 0.3 is 0 Å². The second kappa shape index (κ2) is 13.2. The summed E-state index contributed by atoms with van der Waals surface area (Å²) in [7, 11) is 3.55. The van der Waals surface area contributed by atoms with E-state index in [1.54, 1.807) is 13.2 Å². The van der Waals surface area contributed by atoms with Crippen LogP contribution in [0.3, 0.4) is 0 Å². The first kappa shape index (κ1) is 25.0. The number of carbonyl (C=O) groups is 1. The summed E-state index contributed by atoms with van der Waals surface area (Å²) in [6.45, 7) is 9.45. The van der Waals surface area contributed by atoms with Crippen molar-refractivity contribution < 1.29 is 14.3 Å². The van der Waals surface area contributed by atoms with Gasteiger partial charge in [-0.25, -0.2) is 4.99 Å². The zero-order valence-electron chi connectivity index (χ0n) is 19.9. The van der Waals surface area contributed by atoms with Gasteiger partial charge in [0.1, 0.15) is 5.75 Å². The van der Waals surface area contributed by atoms with Gasteiger partial charge in [0.05, 0.1) is 7.11 Å². The van der Waals surface area contributed by atoms with Crippen LogP contribution in [0.1, 0.15) is 31.9 Å². The molecular formula is C26H35N3O3. The molecule has 0 N–H and O–H groups in total. The number of methoxy groups -OCH3 is 1. The van der Waals surface area contributed by atoms with Crippen molar-refractivity contribution in [1.82, 2.24) is 4.90 Å². The number of allylic oxidation sites excluding steroid dienone is 1. The van der Waals surface area contributed by atoms with Crippen LogP contribution >= 0.6 is 0 Å². The molecule has 0 saturated heterocycles.